The van der Waals surface area contributed by atoms with Crippen molar-refractivity contribution in [1.29, 1.82) is 0 Å². The van der Waals surface area contributed by atoms with Gasteiger partial charge in [0.2, 0.25) is 0 Å². The molecular formula is C15H20O4. The predicted molar refractivity (Wildman–Crippen MR) is 72.8 cm³/mol. The minimum Gasteiger partial charge on any atom is -0.496 e. The summed E-state index contributed by atoms with van der Waals surface area (Å²) in [7, 11) is 1.59. The van der Waals surface area contributed by atoms with Gasteiger partial charge in [-0.05, 0) is 37.1 Å². The molecule has 0 aromatic heterocycles. The number of aryl methyl sites for hydroxylation is 2. The molecule has 1 rings (SSSR count). The Morgan fingerprint density at radius 2 is 1.68 bits per heavy atom. The number of carbonyl (C=O) groups is 2. The van der Waals surface area contributed by atoms with Crippen molar-refractivity contribution in [3.8, 4) is 5.75 Å². The fourth-order valence-electron chi connectivity index (χ4n) is 2.25. The number of ketones is 1. The molecule has 104 valence electrons. The third-order valence-electron chi connectivity index (χ3n) is 3.13. The molecule has 1 N–H and O–H groups in total. The van der Waals surface area contributed by atoms with Gasteiger partial charge in [0.1, 0.15) is 5.75 Å². The third kappa shape index (κ3) is 3.34. The number of hydrogen-bond donors (Lipinski definition) is 1. The lowest BCUT2D eigenvalue weighted by molar-refractivity contribution is -0.138. The number of carboxylic acids is 1. The SMILES string of the molecule is COc1c(C)cc(C(=O)C(C)(C)CC(=O)O)cc1C. The molecule has 0 radical (unpaired) electrons. The predicted octanol–water partition coefficient (Wildman–Crippen LogP) is 3.00. The molecule has 0 spiro atoms. The van der Waals surface area contributed by atoms with E-state index in [1.54, 1.807) is 33.1 Å². The van der Waals surface area contributed by atoms with Crippen molar-refractivity contribution in [2.24, 2.45) is 5.41 Å². The number of hydrogen-bond acceptors (Lipinski definition) is 3. The van der Waals surface area contributed by atoms with Gasteiger partial charge in [-0.15, -0.1) is 0 Å². The number of benzene rings is 1. The molecule has 0 saturated carbocycles. The van der Waals surface area contributed by atoms with Crippen LogP contribution in [0.5, 0.6) is 5.75 Å². The minimum atomic E-state index is -0.972. The zero-order valence-corrected chi connectivity index (χ0v) is 12.0. The van der Waals surface area contributed by atoms with Gasteiger partial charge in [-0.3, -0.25) is 9.59 Å². The maximum atomic E-state index is 12.4. The second-order valence-corrected chi connectivity index (χ2v) is 5.43. The molecule has 0 saturated heterocycles. The van der Waals surface area contributed by atoms with Crippen LogP contribution in [0.1, 0.15) is 41.8 Å². The quantitative estimate of drug-likeness (QED) is 0.830. The number of rotatable bonds is 5. The summed E-state index contributed by atoms with van der Waals surface area (Å²) < 4.78 is 5.26. The van der Waals surface area contributed by atoms with Crippen LogP contribution >= 0.6 is 0 Å². The van der Waals surface area contributed by atoms with Crippen molar-refractivity contribution in [2.75, 3.05) is 7.11 Å². The summed E-state index contributed by atoms with van der Waals surface area (Å²) >= 11 is 0. The highest BCUT2D eigenvalue weighted by atomic mass is 16.5. The van der Waals surface area contributed by atoms with Crippen molar-refractivity contribution in [3.05, 3.63) is 28.8 Å². The highest BCUT2D eigenvalue weighted by Crippen LogP contribution is 2.30. The van der Waals surface area contributed by atoms with Crippen LogP contribution in [-0.2, 0) is 4.79 Å². The standard InChI is InChI=1S/C15H20O4/c1-9-6-11(7-10(2)13(9)19-5)14(18)15(3,4)8-12(16)17/h6-7H,8H2,1-5H3,(H,16,17). The van der Waals surface area contributed by atoms with Gasteiger partial charge in [-0.1, -0.05) is 13.8 Å². The summed E-state index contributed by atoms with van der Waals surface area (Å²) in [4.78, 5) is 23.2. The number of carbonyl (C=O) groups excluding carboxylic acids is 1. The van der Waals surface area contributed by atoms with E-state index in [4.69, 9.17) is 9.84 Å². The normalized spacial score (nSPS) is 11.2. The summed E-state index contributed by atoms with van der Waals surface area (Å²) in [6, 6.07) is 3.50. The first kappa shape index (κ1) is 15.2. The lowest BCUT2D eigenvalue weighted by Crippen LogP contribution is -2.27. The molecular weight excluding hydrogens is 244 g/mol. The minimum absolute atomic E-state index is 0.163. The van der Waals surface area contributed by atoms with Gasteiger partial charge < -0.3 is 9.84 Å². The van der Waals surface area contributed by atoms with Crippen LogP contribution in [0.2, 0.25) is 0 Å². The second kappa shape index (κ2) is 5.43. The molecule has 0 aliphatic heterocycles. The van der Waals surface area contributed by atoms with Crippen LogP contribution in [0.3, 0.4) is 0 Å². The molecule has 4 heteroatoms. The molecule has 0 aliphatic carbocycles. The Morgan fingerprint density at radius 3 is 2.05 bits per heavy atom. The van der Waals surface area contributed by atoms with Crippen molar-refractivity contribution >= 4 is 11.8 Å². The largest absolute Gasteiger partial charge is 0.496 e. The van der Waals surface area contributed by atoms with Gasteiger partial charge in [0.25, 0.3) is 0 Å². The summed E-state index contributed by atoms with van der Waals surface area (Å²) in [5.74, 6) is -0.378. The van der Waals surface area contributed by atoms with Crippen LogP contribution in [0, 0.1) is 19.3 Å². The van der Waals surface area contributed by atoms with Crippen LogP contribution in [0.15, 0.2) is 12.1 Å². The summed E-state index contributed by atoms with van der Waals surface area (Å²) in [5, 5.41) is 8.86. The topological polar surface area (TPSA) is 63.6 Å². The summed E-state index contributed by atoms with van der Waals surface area (Å²) in [6.45, 7) is 7.04. The maximum absolute atomic E-state index is 12.4. The van der Waals surface area contributed by atoms with E-state index in [9.17, 15) is 9.59 Å². The molecule has 19 heavy (non-hydrogen) atoms. The first-order valence-corrected chi connectivity index (χ1v) is 6.11. The second-order valence-electron chi connectivity index (χ2n) is 5.43. The Balaban J connectivity index is 3.17. The summed E-state index contributed by atoms with van der Waals surface area (Å²) in [5.41, 5.74) is 1.36. The Morgan fingerprint density at radius 1 is 1.21 bits per heavy atom. The average molecular weight is 264 g/mol. The zero-order valence-electron chi connectivity index (χ0n) is 12.0. The molecule has 0 amide bonds. The van der Waals surface area contributed by atoms with E-state index >= 15 is 0 Å². The molecule has 1 aromatic rings. The van der Waals surface area contributed by atoms with Gasteiger partial charge in [0.05, 0.1) is 13.5 Å². The van der Waals surface area contributed by atoms with E-state index in [-0.39, 0.29) is 12.2 Å². The fourth-order valence-corrected chi connectivity index (χ4v) is 2.25. The monoisotopic (exact) mass is 264 g/mol. The smallest absolute Gasteiger partial charge is 0.304 e. The van der Waals surface area contributed by atoms with Crippen LogP contribution in [0.4, 0.5) is 0 Å². The van der Waals surface area contributed by atoms with Crippen molar-refractivity contribution in [1.82, 2.24) is 0 Å². The van der Waals surface area contributed by atoms with E-state index < -0.39 is 11.4 Å². The number of ether oxygens (including phenoxy) is 1. The number of aliphatic carboxylic acids is 1. The molecule has 0 aliphatic rings. The molecule has 0 heterocycles. The highest BCUT2D eigenvalue weighted by molar-refractivity contribution is 6.02. The van der Waals surface area contributed by atoms with Gasteiger partial charge in [0.15, 0.2) is 5.78 Å². The molecule has 0 bridgehead atoms. The number of methoxy groups -OCH3 is 1. The number of carboxylic acid groups (broad SMARTS) is 1. The van der Waals surface area contributed by atoms with E-state index in [2.05, 4.69) is 0 Å². The van der Waals surface area contributed by atoms with E-state index in [1.807, 2.05) is 13.8 Å². The maximum Gasteiger partial charge on any atom is 0.304 e. The molecule has 4 nitrogen and oxygen atoms in total. The Hall–Kier alpha value is -1.84. The fraction of sp³-hybridized carbons (Fsp3) is 0.467. The Bertz CT molecular complexity index is 492. The van der Waals surface area contributed by atoms with Crippen molar-refractivity contribution in [2.45, 2.75) is 34.1 Å². The van der Waals surface area contributed by atoms with Crippen LogP contribution in [0.25, 0.3) is 0 Å². The van der Waals surface area contributed by atoms with Gasteiger partial charge >= 0.3 is 5.97 Å². The first-order chi connectivity index (χ1) is 8.69. The Kier molecular flexibility index (Phi) is 4.35. The first-order valence-electron chi connectivity index (χ1n) is 6.11. The lowest BCUT2D eigenvalue weighted by Gasteiger charge is -2.22. The van der Waals surface area contributed by atoms with E-state index in [1.165, 1.54) is 0 Å². The molecule has 0 atom stereocenters. The van der Waals surface area contributed by atoms with Crippen LogP contribution in [-0.4, -0.2) is 24.0 Å². The molecule has 0 unspecified atom stereocenters. The molecule has 1 aromatic carbocycles. The van der Waals surface area contributed by atoms with E-state index in [0.717, 1.165) is 16.9 Å². The third-order valence-corrected chi connectivity index (χ3v) is 3.13. The zero-order chi connectivity index (χ0) is 14.8. The number of Topliss-reactive ketones (excluding diaryl/α,β-unsaturated/α-hetero) is 1. The van der Waals surface area contributed by atoms with Gasteiger partial charge in [-0.25, -0.2) is 0 Å². The van der Waals surface area contributed by atoms with Crippen molar-refractivity contribution < 1.29 is 19.4 Å². The van der Waals surface area contributed by atoms with Gasteiger partial charge in [0, 0.05) is 11.0 Å². The molecule has 0 fully saturated rings. The van der Waals surface area contributed by atoms with Gasteiger partial charge in [-0.2, -0.15) is 0 Å². The van der Waals surface area contributed by atoms with E-state index in [0.29, 0.717) is 5.56 Å². The summed E-state index contributed by atoms with van der Waals surface area (Å²) in [6.07, 6.45) is -0.185. The lowest BCUT2D eigenvalue weighted by atomic mass is 9.80. The average Bonchev–Trinajstić information content (AvgIpc) is 2.25. The van der Waals surface area contributed by atoms with Crippen LogP contribution < -0.4 is 4.74 Å². The van der Waals surface area contributed by atoms with Crippen molar-refractivity contribution in [3.63, 3.8) is 0 Å². The highest BCUT2D eigenvalue weighted by Gasteiger charge is 2.31. The Labute approximate surface area is 113 Å².